The molecule has 3 heterocycles. The number of aromatic nitrogens is 2. The number of carbonyl (C=O) groups is 1. The van der Waals surface area contributed by atoms with Crippen molar-refractivity contribution in [3.63, 3.8) is 0 Å². The summed E-state index contributed by atoms with van der Waals surface area (Å²) in [6.07, 6.45) is 2.05. The molecule has 5 rings (SSSR count). The minimum absolute atomic E-state index is 0.203. The Kier molecular flexibility index (Phi) is 4.54. The molecule has 5 nitrogen and oxygen atoms in total. The molecule has 2 aliphatic heterocycles. The molecule has 0 unspecified atom stereocenters. The van der Waals surface area contributed by atoms with Crippen LogP contribution in [0.1, 0.15) is 40.7 Å². The summed E-state index contributed by atoms with van der Waals surface area (Å²) in [6, 6.07) is 18.2. The van der Waals surface area contributed by atoms with Crippen LogP contribution in [0.25, 0.3) is 11.3 Å². The molecular weight excluding hydrogens is 374 g/mol. The van der Waals surface area contributed by atoms with Gasteiger partial charge in [-0.3, -0.25) is 4.79 Å². The van der Waals surface area contributed by atoms with E-state index in [2.05, 4.69) is 21.2 Å². The van der Waals surface area contributed by atoms with Crippen LogP contribution in [0.2, 0.25) is 0 Å². The molecule has 1 saturated heterocycles. The molecule has 0 atom stereocenters. The fourth-order valence-corrected chi connectivity index (χ4v) is 4.70. The average Bonchev–Trinajstić information content (AvgIpc) is 2.74. The number of nitrogens with zero attached hydrogens (tertiary/aromatic N) is 3. The van der Waals surface area contributed by atoms with Crippen LogP contribution in [-0.2, 0) is 0 Å². The zero-order chi connectivity index (χ0) is 20.7. The first-order valence-corrected chi connectivity index (χ1v) is 10.5. The summed E-state index contributed by atoms with van der Waals surface area (Å²) in [6.45, 7) is 5.63. The number of hydrogen-bond donors (Lipinski definition) is 0. The third-order valence-corrected chi connectivity index (χ3v) is 6.25. The number of rotatable bonds is 2. The third kappa shape index (κ3) is 3.34. The minimum atomic E-state index is -0.405. The minimum Gasteiger partial charge on any atom is -0.486 e. The highest BCUT2D eigenvalue weighted by Crippen LogP contribution is 2.41. The van der Waals surface area contributed by atoms with Crippen LogP contribution in [0.3, 0.4) is 0 Å². The fourth-order valence-electron chi connectivity index (χ4n) is 4.70. The maximum absolute atomic E-state index is 12.9. The van der Waals surface area contributed by atoms with Crippen molar-refractivity contribution in [3.8, 4) is 17.0 Å². The highest BCUT2D eigenvalue weighted by atomic mass is 16.5. The van der Waals surface area contributed by atoms with Crippen LogP contribution in [0.15, 0.2) is 54.6 Å². The van der Waals surface area contributed by atoms with Crippen LogP contribution in [0.4, 0.5) is 5.82 Å². The summed E-state index contributed by atoms with van der Waals surface area (Å²) in [4.78, 5) is 15.1. The molecule has 0 saturated carbocycles. The van der Waals surface area contributed by atoms with E-state index >= 15 is 0 Å². The number of ether oxygens (including phenoxy) is 1. The maximum Gasteiger partial charge on any atom is 0.170 e. The van der Waals surface area contributed by atoms with Crippen molar-refractivity contribution in [3.05, 3.63) is 71.3 Å². The van der Waals surface area contributed by atoms with Gasteiger partial charge in [0, 0.05) is 31.5 Å². The van der Waals surface area contributed by atoms with Gasteiger partial charge in [-0.05, 0) is 43.2 Å². The normalized spacial score (nSPS) is 17.5. The number of piperidine rings is 1. The Morgan fingerprint density at radius 1 is 0.967 bits per heavy atom. The van der Waals surface area contributed by atoms with Gasteiger partial charge in [0.05, 0.1) is 17.7 Å². The van der Waals surface area contributed by atoms with E-state index in [1.165, 1.54) is 0 Å². The molecule has 0 amide bonds. The Hall–Kier alpha value is -3.21. The van der Waals surface area contributed by atoms with Crippen LogP contribution in [-0.4, -0.2) is 34.7 Å². The predicted molar refractivity (Wildman–Crippen MR) is 117 cm³/mol. The molecule has 1 fully saturated rings. The van der Waals surface area contributed by atoms with E-state index in [0.29, 0.717) is 6.42 Å². The Morgan fingerprint density at radius 3 is 2.43 bits per heavy atom. The number of hydrogen-bond acceptors (Lipinski definition) is 5. The highest BCUT2D eigenvalue weighted by molar-refractivity contribution is 6.01. The first kappa shape index (κ1) is 18.8. The van der Waals surface area contributed by atoms with Crippen molar-refractivity contribution in [2.24, 2.45) is 0 Å². The zero-order valence-electron chi connectivity index (χ0n) is 17.4. The molecule has 2 aromatic carbocycles. The molecule has 0 radical (unpaired) electrons. The topological polar surface area (TPSA) is 55.3 Å². The molecule has 1 spiro atoms. The van der Waals surface area contributed by atoms with Gasteiger partial charge in [-0.1, -0.05) is 36.4 Å². The summed E-state index contributed by atoms with van der Waals surface area (Å²) in [5.41, 5.74) is 4.43. The molecule has 152 valence electrons. The fraction of sp³-hybridized carbons (Fsp3) is 0.320. The standard InChI is InChI=1S/C25H25N3O2/c1-17-14-18(2)24-21(29)16-25(30-22(24)15-17)10-12-28(13-11-25)23-9-8-20(26-27-23)19-6-4-3-5-7-19/h3-9,14-15H,10-13,16H2,1-2H3. The Balaban J connectivity index is 1.31. The van der Waals surface area contributed by atoms with E-state index in [0.717, 1.165) is 65.4 Å². The monoisotopic (exact) mass is 399 g/mol. The Bertz CT molecular complexity index is 1090. The molecule has 0 bridgehead atoms. The molecule has 0 N–H and O–H groups in total. The van der Waals surface area contributed by atoms with E-state index in [1.54, 1.807) is 0 Å². The van der Waals surface area contributed by atoms with E-state index in [4.69, 9.17) is 4.74 Å². The number of carbonyl (C=O) groups excluding carboxylic acids is 1. The van der Waals surface area contributed by atoms with Crippen molar-refractivity contribution < 1.29 is 9.53 Å². The summed E-state index contributed by atoms with van der Waals surface area (Å²) in [5.74, 6) is 1.83. The van der Waals surface area contributed by atoms with Gasteiger partial charge in [-0.25, -0.2) is 0 Å². The molecule has 5 heteroatoms. The maximum atomic E-state index is 12.9. The van der Waals surface area contributed by atoms with E-state index < -0.39 is 5.60 Å². The second-order valence-corrected chi connectivity index (χ2v) is 8.47. The van der Waals surface area contributed by atoms with Crippen LogP contribution >= 0.6 is 0 Å². The average molecular weight is 399 g/mol. The highest BCUT2D eigenvalue weighted by Gasteiger charge is 2.43. The van der Waals surface area contributed by atoms with Crippen LogP contribution < -0.4 is 9.64 Å². The van der Waals surface area contributed by atoms with Crippen molar-refractivity contribution in [2.75, 3.05) is 18.0 Å². The molecular formula is C25H25N3O2. The smallest absolute Gasteiger partial charge is 0.170 e. The van der Waals surface area contributed by atoms with Crippen molar-refractivity contribution in [1.82, 2.24) is 10.2 Å². The second kappa shape index (κ2) is 7.24. The molecule has 30 heavy (non-hydrogen) atoms. The van der Waals surface area contributed by atoms with E-state index in [9.17, 15) is 4.79 Å². The van der Waals surface area contributed by atoms with Gasteiger partial charge in [0.25, 0.3) is 0 Å². The quantitative estimate of drug-likeness (QED) is 0.622. The van der Waals surface area contributed by atoms with Crippen molar-refractivity contribution in [2.45, 2.75) is 38.7 Å². The lowest BCUT2D eigenvalue weighted by atomic mass is 9.81. The lowest BCUT2D eigenvalue weighted by Gasteiger charge is -2.44. The Morgan fingerprint density at radius 2 is 1.73 bits per heavy atom. The third-order valence-electron chi connectivity index (χ3n) is 6.25. The van der Waals surface area contributed by atoms with Gasteiger partial charge >= 0.3 is 0 Å². The largest absolute Gasteiger partial charge is 0.486 e. The van der Waals surface area contributed by atoms with Gasteiger partial charge in [0.15, 0.2) is 11.6 Å². The second-order valence-electron chi connectivity index (χ2n) is 8.47. The Labute approximate surface area is 176 Å². The number of anilines is 1. The molecule has 3 aromatic rings. The first-order chi connectivity index (χ1) is 14.5. The molecule has 2 aliphatic rings. The predicted octanol–water partition coefficient (Wildman–Crippen LogP) is 4.76. The van der Waals surface area contributed by atoms with Crippen LogP contribution in [0.5, 0.6) is 5.75 Å². The molecule has 0 aliphatic carbocycles. The number of fused-ring (bicyclic) bond motifs is 1. The lowest BCUT2D eigenvalue weighted by Crippen LogP contribution is -2.51. The van der Waals surface area contributed by atoms with Gasteiger partial charge in [0.1, 0.15) is 11.4 Å². The zero-order valence-corrected chi connectivity index (χ0v) is 17.4. The van der Waals surface area contributed by atoms with Crippen LogP contribution in [0, 0.1) is 13.8 Å². The van der Waals surface area contributed by atoms with Gasteiger partial charge in [-0.2, -0.15) is 0 Å². The first-order valence-electron chi connectivity index (χ1n) is 10.5. The number of benzene rings is 2. The van der Waals surface area contributed by atoms with Gasteiger partial charge in [-0.15, -0.1) is 10.2 Å². The summed E-state index contributed by atoms with van der Waals surface area (Å²) < 4.78 is 6.47. The van der Waals surface area contributed by atoms with Crippen molar-refractivity contribution >= 4 is 11.6 Å². The lowest BCUT2D eigenvalue weighted by molar-refractivity contribution is 0.0229. The number of aryl methyl sites for hydroxylation is 2. The van der Waals surface area contributed by atoms with Gasteiger partial charge < -0.3 is 9.64 Å². The van der Waals surface area contributed by atoms with E-state index in [-0.39, 0.29) is 5.78 Å². The number of Topliss-reactive ketones (excluding diaryl/α,β-unsaturated/α-hetero) is 1. The SMILES string of the molecule is Cc1cc(C)c2c(c1)OC1(CCN(c3ccc(-c4ccccc4)nn3)CC1)CC2=O. The summed E-state index contributed by atoms with van der Waals surface area (Å²) in [5, 5.41) is 8.87. The molecule has 1 aromatic heterocycles. The van der Waals surface area contributed by atoms with Gasteiger partial charge in [0.2, 0.25) is 0 Å². The summed E-state index contributed by atoms with van der Waals surface area (Å²) in [7, 11) is 0. The van der Waals surface area contributed by atoms with Crippen molar-refractivity contribution in [1.29, 1.82) is 0 Å². The summed E-state index contributed by atoms with van der Waals surface area (Å²) >= 11 is 0. The number of ketones is 1. The van der Waals surface area contributed by atoms with E-state index in [1.807, 2.05) is 62.4 Å².